The Bertz CT molecular complexity index is 535. The maximum Gasteiger partial charge on any atom is 0.175 e. The van der Waals surface area contributed by atoms with Crippen LogP contribution in [0.3, 0.4) is 0 Å². The Labute approximate surface area is 126 Å². The summed E-state index contributed by atoms with van der Waals surface area (Å²) < 4.78 is 28.3. The second-order valence-corrected chi connectivity index (χ2v) is 7.50. The first kappa shape index (κ1) is 16.4. The van der Waals surface area contributed by atoms with Crippen molar-refractivity contribution in [3.8, 4) is 0 Å². The van der Waals surface area contributed by atoms with Gasteiger partial charge in [-0.1, -0.05) is 12.1 Å². The number of aliphatic hydroxyl groups excluding tert-OH is 1. The molecule has 1 saturated heterocycles. The first-order valence-electron chi connectivity index (χ1n) is 7.27. The number of rotatable bonds is 7. The van der Waals surface area contributed by atoms with Gasteiger partial charge in [-0.2, -0.15) is 0 Å². The Hall–Kier alpha value is -0.950. The standard InChI is InChI=1S/C15H23NO4S/c1-21(18,19)14-6-4-12(5-7-14)15(17)11-16-9-8-13-3-2-10-20-13/h4-7,13,15-17H,2-3,8-11H2,1H3. The molecule has 21 heavy (non-hydrogen) atoms. The number of hydrogen-bond donors (Lipinski definition) is 2. The second kappa shape index (κ2) is 7.35. The largest absolute Gasteiger partial charge is 0.387 e. The SMILES string of the molecule is CS(=O)(=O)c1ccc(C(O)CNCCC2CCCO2)cc1. The van der Waals surface area contributed by atoms with Crippen molar-refractivity contribution < 1.29 is 18.3 Å². The quantitative estimate of drug-likeness (QED) is 0.742. The molecule has 118 valence electrons. The van der Waals surface area contributed by atoms with Gasteiger partial charge < -0.3 is 15.2 Å². The molecule has 1 aliphatic heterocycles. The zero-order valence-electron chi connectivity index (χ0n) is 12.3. The Morgan fingerprint density at radius 2 is 2.10 bits per heavy atom. The summed E-state index contributed by atoms with van der Waals surface area (Å²) in [6, 6.07) is 6.37. The zero-order chi connectivity index (χ0) is 15.3. The number of benzene rings is 1. The highest BCUT2D eigenvalue weighted by molar-refractivity contribution is 7.90. The smallest absolute Gasteiger partial charge is 0.175 e. The summed E-state index contributed by atoms with van der Waals surface area (Å²) in [5.74, 6) is 0. The van der Waals surface area contributed by atoms with Crippen LogP contribution < -0.4 is 5.32 Å². The van der Waals surface area contributed by atoms with Crippen LogP contribution in [0.2, 0.25) is 0 Å². The lowest BCUT2D eigenvalue weighted by molar-refractivity contribution is 0.102. The van der Waals surface area contributed by atoms with Crippen molar-refractivity contribution in [1.29, 1.82) is 0 Å². The van der Waals surface area contributed by atoms with E-state index in [0.29, 0.717) is 18.2 Å². The minimum absolute atomic E-state index is 0.268. The molecule has 2 unspecified atom stereocenters. The van der Waals surface area contributed by atoms with Gasteiger partial charge in [0.2, 0.25) is 0 Å². The van der Waals surface area contributed by atoms with Crippen molar-refractivity contribution in [3.63, 3.8) is 0 Å². The molecular weight excluding hydrogens is 290 g/mol. The molecule has 1 heterocycles. The lowest BCUT2D eigenvalue weighted by Gasteiger charge is -2.14. The molecule has 1 fully saturated rings. The van der Waals surface area contributed by atoms with Gasteiger partial charge in [0.05, 0.1) is 17.1 Å². The van der Waals surface area contributed by atoms with E-state index < -0.39 is 15.9 Å². The summed E-state index contributed by atoms with van der Waals surface area (Å²) >= 11 is 0. The van der Waals surface area contributed by atoms with Crippen molar-refractivity contribution in [3.05, 3.63) is 29.8 Å². The number of hydrogen-bond acceptors (Lipinski definition) is 5. The fourth-order valence-electron chi connectivity index (χ4n) is 2.43. The molecule has 0 spiro atoms. The van der Waals surface area contributed by atoms with Crippen LogP contribution in [-0.4, -0.2) is 45.6 Å². The highest BCUT2D eigenvalue weighted by Gasteiger charge is 2.15. The van der Waals surface area contributed by atoms with Gasteiger partial charge in [0.15, 0.2) is 9.84 Å². The van der Waals surface area contributed by atoms with Gasteiger partial charge in [-0.3, -0.25) is 0 Å². The first-order valence-corrected chi connectivity index (χ1v) is 9.16. The third kappa shape index (κ3) is 5.07. The van der Waals surface area contributed by atoms with Crippen molar-refractivity contribution >= 4 is 9.84 Å². The van der Waals surface area contributed by atoms with E-state index in [0.717, 1.165) is 32.4 Å². The lowest BCUT2D eigenvalue weighted by atomic mass is 10.1. The fraction of sp³-hybridized carbons (Fsp3) is 0.600. The van der Waals surface area contributed by atoms with E-state index in [1.54, 1.807) is 12.1 Å². The number of sulfone groups is 1. The van der Waals surface area contributed by atoms with Crippen molar-refractivity contribution in [2.45, 2.75) is 36.4 Å². The van der Waals surface area contributed by atoms with Gasteiger partial charge in [-0.25, -0.2) is 8.42 Å². The van der Waals surface area contributed by atoms with E-state index in [4.69, 9.17) is 4.74 Å². The summed E-state index contributed by atoms with van der Waals surface area (Å²) in [5.41, 5.74) is 0.715. The molecule has 6 heteroatoms. The molecule has 1 aromatic rings. The predicted molar refractivity (Wildman–Crippen MR) is 81.0 cm³/mol. The molecule has 2 atom stereocenters. The van der Waals surface area contributed by atoms with E-state index in [2.05, 4.69) is 5.32 Å². The maximum atomic E-state index is 11.4. The van der Waals surface area contributed by atoms with E-state index in [9.17, 15) is 13.5 Å². The summed E-state index contributed by atoms with van der Waals surface area (Å²) in [6.45, 7) is 2.12. The molecule has 0 radical (unpaired) electrons. The summed E-state index contributed by atoms with van der Waals surface area (Å²) in [5, 5.41) is 13.3. The number of ether oxygens (including phenoxy) is 1. The third-order valence-corrected chi connectivity index (χ3v) is 4.83. The molecule has 1 aromatic carbocycles. The zero-order valence-corrected chi connectivity index (χ0v) is 13.1. The highest BCUT2D eigenvalue weighted by Crippen LogP contribution is 2.17. The first-order chi connectivity index (χ1) is 9.97. The van der Waals surface area contributed by atoms with Crippen molar-refractivity contribution in [2.24, 2.45) is 0 Å². The van der Waals surface area contributed by atoms with E-state index >= 15 is 0 Å². The molecule has 2 N–H and O–H groups in total. The molecule has 2 rings (SSSR count). The fourth-order valence-corrected chi connectivity index (χ4v) is 3.06. The normalized spacial score (nSPS) is 20.6. The third-order valence-electron chi connectivity index (χ3n) is 3.70. The monoisotopic (exact) mass is 313 g/mol. The van der Waals surface area contributed by atoms with Crippen LogP contribution in [0, 0.1) is 0 Å². The van der Waals surface area contributed by atoms with Gasteiger partial charge in [0.25, 0.3) is 0 Å². The molecule has 0 bridgehead atoms. The van der Waals surface area contributed by atoms with Gasteiger partial charge >= 0.3 is 0 Å². The topological polar surface area (TPSA) is 75.6 Å². The van der Waals surface area contributed by atoms with Crippen molar-refractivity contribution in [1.82, 2.24) is 5.32 Å². The minimum Gasteiger partial charge on any atom is -0.387 e. The van der Waals surface area contributed by atoms with Gasteiger partial charge in [0.1, 0.15) is 0 Å². The van der Waals surface area contributed by atoms with Crippen LogP contribution in [0.15, 0.2) is 29.2 Å². The Kier molecular flexibility index (Phi) is 5.75. The highest BCUT2D eigenvalue weighted by atomic mass is 32.2. The summed E-state index contributed by atoms with van der Waals surface area (Å²) in [6.07, 6.45) is 4.11. The predicted octanol–water partition coefficient (Wildman–Crippen LogP) is 1.28. The molecule has 0 aliphatic carbocycles. The van der Waals surface area contributed by atoms with E-state index in [1.165, 1.54) is 18.4 Å². The van der Waals surface area contributed by atoms with E-state index in [-0.39, 0.29) is 4.90 Å². The summed E-state index contributed by atoms with van der Waals surface area (Å²) in [7, 11) is -3.19. The lowest BCUT2D eigenvalue weighted by Crippen LogP contribution is -2.25. The molecule has 5 nitrogen and oxygen atoms in total. The molecule has 1 aliphatic rings. The second-order valence-electron chi connectivity index (χ2n) is 5.48. The van der Waals surface area contributed by atoms with Crippen molar-refractivity contribution in [2.75, 3.05) is 26.0 Å². The van der Waals surface area contributed by atoms with Gasteiger partial charge in [-0.05, 0) is 43.5 Å². The van der Waals surface area contributed by atoms with Crippen LogP contribution in [0.4, 0.5) is 0 Å². The minimum atomic E-state index is -3.19. The average molecular weight is 313 g/mol. The Balaban J connectivity index is 1.76. The molecule has 0 amide bonds. The molecule has 0 saturated carbocycles. The average Bonchev–Trinajstić information content (AvgIpc) is 2.96. The van der Waals surface area contributed by atoms with Gasteiger partial charge in [-0.15, -0.1) is 0 Å². The number of nitrogens with one attached hydrogen (secondary N) is 1. The van der Waals surface area contributed by atoms with E-state index in [1.807, 2.05) is 0 Å². The van der Waals surface area contributed by atoms with Crippen LogP contribution in [-0.2, 0) is 14.6 Å². The molecule has 0 aromatic heterocycles. The van der Waals surface area contributed by atoms with Crippen LogP contribution >= 0.6 is 0 Å². The number of aliphatic hydroxyl groups is 1. The van der Waals surface area contributed by atoms with Crippen LogP contribution in [0.5, 0.6) is 0 Å². The Morgan fingerprint density at radius 3 is 2.67 bits per heavy atom. The van der Waals surface area contributed by atoms with Crippen LogP contribution in [0.1, 0.15) is 30.9 Å². The van der Waals surface area contributed by atoms with Crippen LogP contribution in [0.25, 0.3) is 0 Å². The summed E-state index contributed by atoms with van der Waals surface area (Å²) in [4.78, 5) is 0.268. The van der Waals surface area contributed by atoms with Gasteiger partial charge in [0, 0.05) is 19.4 Å². The maximum absolute atomic E-state index is 11.4. The Morgan fingerprint density at radius 1 is 1.38 bits per heavy atom. The molecular formula is C15H23NO4S.